The van der Waals surface area contributed by atoms with Gasteiger partial charge in [0, 0.05) is 6.42 Å². The van der Waals surface area contributed by atoms with Crippen LogP contribution in [0.3, 0.4) is 0 Å². The number of ether oxygens (including phenoxy) is 1. The third kappa shape index (κ3) is 3.21. The molecule has 108 valence electrons. The maximum Gasteiger partial charge on any atom is 0.306 e. The molecule has 20 heavy (non-hydrogen) atoms. The average Bonchev–Trinajstić information content (AvgIpc) is 2.48. The highest BCUT2D eigenvalue weighted by atomic mass is 16.5. The van der Waals surface area contributed by atoms with Gasteiger partial charge < -0.3 is 10.1 Å². The van der Waals surface area contributed by atoms with Gasteiger partial charge in [0.15, 0.2) is 0 Å². The first-order valence-corrected chi connectivity index (χ1v) is 7.81. The molecule has 2 aliphatic rings. The van der Waals surface area contributed by atoms with Crippen LogP contribution in [0.15, 0.2) is 24.3 Å². The van der Waals surface area contributed by atoms with E-state index in [1.54, 1.807) is 0 Å². The maximum atomic E-state index is 12.1. The number of hydrogen-bond acceptors (Lipinski definition) is 3. The van der Waals surface area contributed by atoms with Crippen molar-refractivity contribution in [1.82, 2.24) is 5.32 Å². The van der Waals surface area contributed by atoms with Crippen LogP contribution in [0.25, 0.3) is 0 Å². The molecule has 1 N–H and O–H groups in total. The van der Waals surface area contributed by atoms with Crippen molar-refractivity contribution in [3.8, 4) is 0 Å². The zero-order valence-electron chi connectivity index (χ0n) is 11.9. The zero-order chi connectivity index (χ0) is 13.8. The van der Waals surface area contributed by atoms with Crippen LogP contribution in [0.4, 0.5) is 0 Å². The van der Waals surface area contributed by atoms with Crippen molar-refractivity contribution in [2.75, 3.05) is 13.1 Å². The van der Waals surface area contributed by atoms with Crippen molar-refractivity contribution >= 4 is 5.97 Å². The van der Waals surface area contributed by atoms with Gasteiger partial charge in [0.05, 0.1) is 0 Å². The molecule has 1 aliphatic carbocycles. The van der Waals surface area contributed by atoms with E-state index in [0.717, 1.165) is 45.2 Å². The predicted octanol–water partition coefficient (Wildman–Crippen LogP) is 3.00. The number of rotatable bonds is 3. The summed E-state index contributed by atoms with van der Waals surface area (Å²) in [5, 5.41) is 3.33. The Morgan fingerprint density at radius 2 is 2.00 bits per heavy atom. The first-order valence-electron chi connectivity index (χ1n) is 7.81. The van der Waals surface area contributed by atoms with E-state index in [0.29, 0.717) is 12.3 Å². The molecule has 1 unspecified atom stereocenters. The van der Waals surface area contributed by atoms with Crippen molar-refractivity contribution in [2.24, 2.45) is 5.92 Å². The predicted molar refractivity (Wildman–Crippen MR) is 78.4 cm³/mol. The van der Waals surface area contributed by atoms with E-state index in [2.05, 4.69) is 23.5 Å². The van der Waals surface area contributed by atoms with Crippen LogP contribution in [-0.2, 0) is 16.0 Å². The number of aryl methyl sites for hydroxylation is 1. The third-order valence-corrected chi connectivity index (χ3v) is 4.50. The number of hydrogen-bond donors (Lipinski definition) is 1. The van der Waals surface area contributed by atoms with Gasteiger partial charge in [-0.2, -0.15) is 0 Å². The topological polar surface area (TPSA) is 38.3 Å². The van der Waals surface area contributed by atoms with Crippen molar-refractivity contribution in [2.45, 2.75) is 44.6 Å². The lowest BCUT2D eigenvalue weighted by molar-refractivity contribution is -0.151. The molecule has 3 rings (SSSR count). The SMILES string of the molecule is O=C(CC1CCNCC1)OC1CCCc2ccccc21. The standard InChI is InChI=1S/C17H23NO2/c19-17(12-13-8-10-18-11-9-13)20-16-7-3-5-14-4-1-2-6-15(14)16/h1-2,4,6,13,16,18H,3,5,7-12H2. The molecular weight excluding hydrogens is 250 g/mol. The van der Waals surface area contributed by atoms with Crippen LogP contribution < -0.4 is 5.32 Å². The van der Waals surface area contributed by atoms with Crippen molar-refractivity contribution in [1.29, 1.82) is 0 Å². The lowest BCUT2D eigenvalue weighted by atomic mass is 9.89. The molecule has 1 heterocycles. The molecule has 0 bridgehead atoms. The Morgan fingerprint density at radius 1 is 1.20 bits per heavy atom. The molecule has 1 fully saturated rings. The second-order valence-corrected chi connectivity index (χ2v) is 5.97. The van der Waals surface area contributed by atoms with Gasteiger partial charge in [-0.3, -0.25) is 4.79 Å². The highest BCUT2D eigenvalue weighted by Crippen LogP contribution is 2.33. The summed E-state index contributed by atoms with van der Waals surface area (Å²) in [6, 6.07) is 8.37. The van der Waals surface area contributed by atoms with Gasteiger partial charge in [0.1, 0.15) is 6.10 Å². The Labute approximate surface area is 120 Å². The van der Waals surface area contributed by atoms with Crippen LogP contribution in [0.2, 0.25) is 0 Å². The van der Waals surface area contributed by atoms with Gasteiger partial charge in [-0.25, -0.2) is 0 Å². The number of carbonyl (C=O) groups is 1. The summed E-state index contributed by atoms with van der Waals surface area (Å²) in [5.74, 6) is 0.487. The van der Waals surface area contributed by atoms with Crippen LogP contribution in [-0.4, -0.2) is 19.1 Å². The first-order chi connectivity index (χ1) is 9.83. The van der Waals surface area contributed by atoms with Crippen molar-refractivity contribution in [3.63, 3.8) is 0 Å². The highest BCUT2D eigenvalue weighted by molar-refractivity contribution is 5.70. The molecule has 1 aromatic carbocycles. The Hall–Kier alpha value is -1.35. The Kier molecular flexibility index (Phi) is 4.36. The minimum absolute atomic E-state index is 0.0152. The van der Waals surface area contributed by atoms with Gasteiger partial charge in [-0.1, -0.05) is 24.3 Å². The third-order valence-electron chi connectivity index (χ3n) is 4.50. The number of benzene rings is 1. The van der Waals surface area contributed by atoms with Crippen LogP contribution in [0.1, 0.15) is 49.3 Å². The Morgan fingerprint density at radius 3 is 2.85 bits per heavy atom. The number of esters is 1. The number of nitrogens with one attached hydrogen (secondary N) is 1. The van der Waals surface area contributed by atoms with E-state index >= 15 is 0 Å². The summed E-state index contributed by atoms with van der Waals surface area (Å²) >= 11 is 0. The van der Waals surface area contributed by atoms with Gasteiger partial charge in [0.25, 0.3) is 0 Å². The van der Waals surface area contributed by atoms with Crippen molar-refractivity contribution < 1.29 is 9.53 Å². The van der Waals surface area contributed by atoms with Crippen molar-refractivity contribution in [3.05, 3.63) is 35.4 Å². The maximum absolute atomic E-state index is 12.1. The molecular formula is C17H23NO2. The van der Waals surface area contributed by atoms with E-state index in [9.17, 15) is 4.79 Å². The van der Waals surface area contributed by atoms with Crippen LogP contribution in [0.5, 0.6) is 0 Å². The molecule has 1 saturated heterocycles. The molecule has 1 atom stereocenters. The summed E-state index contributed by atoms with van der Waals surface area (Å²) < 4.78 is 5.76. The quantitative estimate of drug-likeness (QED) is 0.860. The molecule has 0 radical (unpaired) electrons. The van der Waals surface area contributed by atoms with Gasteiger partial charge in [-0.05, 0) is 62.2 Å². The molecule has 0 amide bonds. The molecule has 1 aromatic rings. The molecule has 0 spiro atoms. The Balaban J connectivity index is 1.59. The van der Waals surface area contributed by atoms with Gasteiger partial charge >= 0.3 is 5.97 Å². The molecule has 3 heteroatoms. The summed E-state index contributed by atoms with van der Waals surface area (Å²) in [6.45, 7) is 2.06. The normalized spacial score (nSPS) is 23.1. The summed E-state index contributed by atoms with van der Waals surface area (Å²) in [6.07, 6.45) is 5.94. The summed E-state index contributed by atoms with van der Waals surface area (Å²) in [4.78, 5) is 12.1. The highest BCUT2D eigenvalue weighted by Gasteiger charge is 2.25. The molecule has 0 aromatic heterocycles. The summed E-state index contributed by atoms with van der Waals surface area (Å²) in [5.41, 5.74) is 2.57. The molecule has 1 aliphatic heterocycles. The van der Waals surface area contributed by atoms with E-state index < -0.39 is 0 Å². The van der Waals surface area contributed by atoms with E-state index in [1.807, 2.05) is 6.07 Å². The first kappa shape index (κ1) is 13.6. The second kappa shape index (κ2) is 6.40. The number of fused-ring (bicyclic) bond motifs is 1. The second-order valence-electron chi connectivity index (χ2n) is 5.97. The lowest BCUT2D eigenvalue weighted by Crippen LogP contribution is -2.29. The van der Waals surface area contributed by atoms with Gasteiger partial charge in [0.2, 0.25) is 0 Å². The largest absolute Gasteiger partial charge is 0.457 e. The molecule has 0 saturated carbocycles. The smallest absolute Gasteiger partial charge is 0.306 e. The minimum Gasteiger partial charge on any atom is -0.457 e. The number of carbonyl (C=O) groups excluding carboxylic acids is 1. The van der Waals surface area contributed by atoms with Crippen LogP contribution >= 0.6 is 0 Å². The summed E-state index contributed by atoms with van der Waals surface area (Å²) in [7, 11) is 0. The van der Waals surface area contributed by atoms with E-state index in [4.69, 9.17) is 4.74 Å². The van der Waals surface area contributed by atoms with Gasteiger partial charge in [-0.15, -0.1) is 0 Å². The lowest BCUT2D eigenvalue weighted by Gasteiger charge is -2.27. The fourth-order valence-electron chi connectivity index (χ4n) is 3.36. The fraction of sp³-hybridized carbons (Fsp3) is 0.588. The zero-order valence-corrected chi connectivity index (χ0v) is 11.9. The Bertz CT molecular complexity index is 466. The average molecular weight is 273 g/mol. The fourth-order valence-corrected chi connectivity index (χ4v) is 3.36. The minimum atomic E-state index is -0.0193. The monoisotopic (exact) mass is 273 g/mol. The van der Waals surface area contributed by atoms with Crippen LogP contribution in [0, 0.1) is 5.92 Å². The van der Waals surface area contributed by atoms with E-state index in [-0.39, 0.29) is 12.1 Å². The van der Waals surface area contributed by atoms with E-state index in [1.165, 1.54) is 11.1 Å². The molecule has 3 nitrogen and oxygen atoms in total. The number of piperidine rings is 1.